The summed E-state index contributed by atoms with van der Waals surface area (Å²) in [7, 11) is 0. The predicted molar refractivity (Wildman–Crippen MR) is 88.5 cm³/mol. The first-order valence-electron chi connectivity index (χ1n) is 8.04. The van der Waals surface area contributed by atoms with Gasteiger partial charge in [0.2, 0.25) is 0 Å². The number of benzene rings is 1. The lowest BCUT2D eigenvalue weighted by Gasteiger charge is -2.09. The van der Waals surface area contributed by atoms with Crippen LogP contribution in [0.15, 0.2) is 24.3 Å². The molecule has 0 spiro atoms. The van der Waals surface area contributed by atoms with E-state index in [1.807, 2.05) is 26.0 Å². The zero-order chi connectivity index (χ0) is 16.4. The Morgan fingerprint density at radius 3 is 2.32 bits per heavy atom. The lowest BCUT2D eigenvalue weighted by molar-refractivity contribution is -0.148. The average molecular weight is 307 g/mol. The fourth-order valence-electron chi connectivity index (χ4n) is 1.80. The monoisotopic (exact) mass is 307 g/mol. The molecule has 0 amide bonds. The van der Waals surface area contributed by atoms with Gasteiger partial charge in [0.25, 0.3) is 0 Å². The maximum Gasteiger partial charge on any atom is 0.308 e. The molecule has 1 aromatic carbocycles. The average Bonchev–Trinajstić information content (AvgIpc) is 2.49. The third-order valence-electron chi connectivity index (χ3n) is 3.22. The molecule has 4 heteroatoms. The van der Waals surface area contributed by atoms with Gasteiger partial charge in [0.1, 0.15) is 6.61 Å². The molecule has 0 saturated carbocycles. The van der Waals surface area contributed by atoms with E-state index in [2.05, 4.69) is 31.3 Å². The number of hydrogen-bond donors (Lipinski definition) is 1. The fraction of sp³-hybridized carbons (Fsp3) is 0.611. The molecule has 4 nitrogen and oxygen atoms in total. The van der Waals surface area contributed by atoms with E-state index in [9.17, 15) is 4.79 Å². The molecule has 0 radical (unpaired) electrons. The molecule has 1 aromatic rings. The van der Waals surface area contributed by atoms with Gasteiger partial charge in [-0.1, -0.05) is 38.1 Å². The van der Waals surface area contributed by atoms with Crippen molar-refractivity contribution in [3.63, 3.8) is 0 Å². The Labute approximate surface area is 134 Å². The first-order chi connectivity index (χ1) is 10.5. The van der Waals surface area contributed by atoms with Crippen molar-refractivity contribution in [1.82, 2.24) is 5.32 Å². The number of aryl methyl sites for hydroxylation is 1. The van der Waals surface area contributed by atoms with E-state index in [-0.39, 0.29) is 11.9 Å². The topological polar surface area (TPSA) is 47.6 Å². The van der Waals surface area contributed by atoms with Crippen LogP contribution in [-0.2, 0) is 27.3 Å². The van der Waals surface area contributed by atoms with Gasteiger partial charge in [0, 0.05) is 12.6 Å². The Balaban J connectivity index is 2.20. The molecule has 0 unspecified atom stereocenters. The molecule has 0 saturated heterocycles. The van der Waals surface area contributed by atoms with Crippen LogP contribution < -0.4 is 5.32 Å². The third-order valence-corrected chi connectivity index (χ3v) is 3.22. The minimum absolute atomic E-state index is 0.0792. The largest absolute Gasteiger partial charge is 0.461 e. The summed E-state index contributed by atoms with van der Waals surface area (Å²) < 4.78 is 10.7. The standard InChI is InChI=1S/C18H29NO3/c1-14(2)18(20)22-12-17-9-7-16(8-10-17)6-5-11-21-13-19-15(3)4/h7-10,14-15,19H,5-6,11-13H2,1-4H3. The van der Waals surface area contributed by atoms with Gasteiger partial charge < -0.3 is 9.47 Å². The van der Waals surface area contributed by atoms with Gasteiger partial charge in [-0.3, -0.25) is 10.1 Å². The van der Waals surface area contributed by atoms with Crippen molar-refractivity contribution >= 4 is 5.97 Å². The summed E-state index contributed by atoms with van der Waals surface area (Å²) >= 11 is 0. The molecule has 0 bridgehead atoms. The molecule has 1 rings (SSSR count). The molecule has 0 fully saturated rings. The number of esters is 1. The van der Waals surface area contributed by atoms with Crippen molar-refractivity contribution < 1.29 is 14.3 Å². The van der Waals surface area contributed by atoms with Gasteiger partial charge in [0.15, 0.2) is 0 Å². The van der Waals surface area contributed by atoms with Crippen LogP contribution in [0.3, 0.4) is 0 Å². The summed E-state index contributed by atoms with van der Waals surface area (Å²) in [6.07, 6.45) is 2.00. The van der Waals surface area contributed by atoms with Gasteiger partial charge in [-0.05, 0) is 37.8 Å². The highest BCUT2D eigenvalue weighted by molar-refractivity contribution is 5.71. The molecule has 0 aliphatic carbocycles. The lowest BCUT2D eigenvalue weighted by atomic mass is 10.1. The van der Waals surface area contributed by atoms with Crippen molar-refractivity contribution in [3.8, 4) is 0 Å². The van der Waals surface area contributed by atoms with Gasteiger partial charge in [-0.15, -0.1) is 0 Å². The lowest BCUT2D eigenvalue weighted by Crippen LogP contribution is -2.25. The van der Waals surface area contributed by atoms with E-state index < -0.39 is 0 Å². The molecule has 0 aliphatic heterocycles. The SMILES string of the molecule is CC(C)NCOCCCc1ccc(COC(=O)C(C)C)cc1. The van der Waals surface area contributed by atoms with Gasteiger partial charge in [0.05, 0.1) is 12.6 Å². The third kappa shape index (κ3) is 8.15. The van der Waals surface area contributed by atoms with E-state index in [1.54, 1.807) is 0 Å². The summed E-state index contributed by atoms with van der Waals surface area (Å²) in [6, 6.07) is 8.67. The van der Waals surface area contributed by atoms with Gasteiger partial charge in [-0.25, -0.2) is 0 Å². The number of hydrogen-bond acceptors (Lipinski definition) is 4. The summed E-state index contributed by atoms with van der Waals surface area (Å²) in [4.78, 5) is 11.4. The molecular weight excluding hydrogens is 278 g/mol. The molecule has 0 aliphatic rings. The van der Waals surface area contributed by atoms with Gasteiger partial charge >= 0.3 is 5.97 Å². The second-order valence-corrected chi connectivity index (χ2v) is 6.09. The molecule has 0 heterocycles. The highest BCUT2D eigenvalue weighted by Crippen LogP contribution is 2.09. The fourth-order valence-corrected chi connectivity index (χ4v) is 1.80. The van der Waals surface area contributed by atoms with Crippen molar-refractivity contribution in [3.05, 3.63) is 35.4 Å². The quantitative estimate of drug-likeness (QED) is 0.409. The minimum atomic E-state index is -0.156. The van der Waals surface area contributed by atoms with Gasteiger partial charge in [-0.2, -0.15) is 0 Å². The summed E-state index contributed by atoms with van der Waals surface area (Å²) in [5.74, 6) is -0.235. The summed E-state index contributed by atoms with van der Waals surface area (Å²) in [5, 5.41) is 3.22. The first-order valence-corrected chi connectivity index (χ1v) is 8.04. The van der Waals surface area contributed by atoms with Crippen molar-refractivity contribution in [2.45, 2.75) is 53.2 Å². The second-order valence-electron chi connectivity index (χ2n) is 6.09. The summed E-state index contributed by atoms with van der Waals surface area (Å²) in [5.41, 5.74) is 2.30. The Kier molecular flexibility index (Phi) is 8.78. The molecule has 1 N–H and O–H groups in total. The van der Waals surface area contributed by atoms with Crippen LogP contribution >= 0.6 is 0 Å². The number of carbonyl (C=O) groups excluding carboxylic acids is 1. The van der Waals surface area contributed by atoms with Crippen LogP contribution in [0.25, 0.3) is 0 Å². The second kappa shape index (κ2) is 10.4. The van der Waals surface area contributed by atoms with E-state index >= 15 is 0 Å². The smallest absolute Gasteiger partial charge is 0.308 e. The Morgan fingerprint density at radius 2 is 1.73 bits per heavy atom. The molecular formula is C18H29NO3. The zero-order valence-corrected chi connectivity index (χ0v) is 14.2. The maximum atomic E-state index is 11.4. The highest BCUT2D eigenvalue weighted by Gasteiger charge is 2.08. The molecule has 0 aromatic heterocycles. The number of carbonyl (C=O) groups is 1. The van der Waals surface area contributed by atoms with Crippen LogP contribution in [0.4, 0.5) is 0 Å². The van der Waals surface area contributed by atoms with Crippen molar-refractivity contribution in [2.75, 3.05) is 13.3 Å². The van der Waals surface area contributed by atoms with E-state index in [4.69, 9.17) is 9.47 Å². The Bertz CT molecular complexity index is 426. The van der Waals surface area contributed by atoms with Crippen molar-refractivity contribution in [1.29, 1.82) is 0 Å². The van der Waals surface area contributed by atoms with Crippen molar-refractivity contribution in [2.24, 2.45) is 5.92 Å². The number of rotatable bonds is 10. The van der Waals surface area contributed by atoms with Crippen LogP contribution in [-0.4, -0.2) is 25.3 Å². The number of ether oxygens (including phenoxy) is 2. The van der Waals surface area contributed by atoms with Crippen LogP contribution in [0, 0.1) is 5.92 Å². The van der Waals surface area contributed by atoms with Crippen LogP contribution in [0.2, 0.25) is 0 Å². The minimum Gasteiger partial charge on any atom is -0.461 e. The molecule has 22 heavy (non-hydrogen) atoms. The first kappa shape index (κ1) is 18.7. The number of nitrogens with one attached hydrogen (secondary N) is 1. The van der Waals surface area contributed by atoms with Crippen LogP contribution in [0.1, 0.15) is 45.2 Å². The summed E-state index contributed by atoms with van der Waals surface area (Å²) in [6.45, 7) is 9.59. The Hall–Kier alpha value is -1.39. The molecule has 124 valence electrons. The zero-order valence-electron chi connectivity index (χ0n) is 14.2. The Morgan fingerprint density at radius 1 is 1.09 bits per heavy atom. The highest BCUT2D eigenvalue weighted by atomic mass is 16.5. The molecule has 0 atom stereocenters. The van der Waals surface area contributed by atoms with E-state index in [0.29, 0.717) is 19.4 Å². The van der Waals surface area contributed by atoms with E-state index in [0.717, 1.165) is 25.0 Å². The van der Waals surface area contributed by atoms with E-state index in [1.165, 1.54) is 5.56 Å². The predicted octanol–water partition coefficient (Wildman–Crippen LogP) is 3.29. The maximum absolute atomic E-state index is 11.4. The normalized spacial score (nSPS) is 11.2. The van der Waals surface area contributed by atoms with Crippen LogP contribution in [0.5, 0.6) is 0 Å².